The van der Waals surface area contributed by atoms with Crippen LogP contribution < -0.4 is 20.1 Å². The third-order valence-electron chi connectivity index (χ3n) is 3.93. The number of para-hydroxylation sites is 1. The van der Waals surface area contributed by atoms with Crippen LogP contribution in [0.2, 0.25) is 0 Å². The largest absolute Gasteiger partial charge is 0.496 e. The Bertz CT molecular complexity index is 882. The highest BCUT2D eigenvalue weighted by Gasteiger charge is 2.06. The second kappa shape index (κ2) is 8.89. The van der Waals surface area contributed by atoms with Crippen molar-refractivity contribution < 1.29 is 9.47 Å². The lowest BCUT2D eigenvalue weighted by molar-refractivity contribution is 0.340. The molecular formula is C21H24N4O2. The highest BCUT2D eigenvalue weighted by molar-refractivity contribution is 5.56. The molecule has 3 rings (SSSR count). The van der Waals surface area contributed by atoms with Gasteiger partial charge in [0.15, 0.2) is 0 Å². The molecule has 0 atom stereocenters. The third kappa shape index (κ3) is 5.10. The monoisotopic (exact) mass is 364 g/mol. The average molecular weight is 364 g/mol. The SMILES string of the molecule is CCOc1ccc(Nc2nc(C)cc(NCc3ccccc3OC)n2)cc1. The Morgan fingerprint density at radius 2 is 1.78 bits per heavy atom. The highest BCUT2D eigenvalue weighted by Crippen LogP contribution is 2.21. The minimum atomic E-state index is 0.543. The van der Waals surface area contributed by atoms with Gasteiger partial charge in [0.25, 0.3) is 0 Å². The molecule has 1 aromatic heterocycles. The molecule has 0 saturated heterocycles. The Morgan fingerprint density at radius 3 is 2.52 bits per heavy atom. The quantitative estimate of drug-likeness (QED) is 0.611. The molecule has 27 heavy (non-hydrogen) atoms. The Kier molecular flexibility index (Phi) is 6.10. The smallest absolute Gasteiger partial charge is 0.229 e. The second-order valence-corrected chi connectivity index (χ2v) is 5.97. The standard InChI is InChI=1S/C21H24N4O2/c1-4-27-18-11-9-17(10-12-18)24-21-23-15(2)13-20(25-21)22-14-16-7-5-6-8-19(16)26-3/h5-13H,4,14H2,1-3H3,(H2,22,23,24,25). The van der Waals surface area contributed by atoms with Crippen molar-refractivity contribution >= 4 is 17.5 Å². The molecule has 0 aliphatic rings. The number of benzene rings is 2. The van der Waals surface area contributed by atoms with Crippen LogP contribution in [0.15, 0.2) is 54.6 Å². The predicted octanol–water partition coefficient (Wildman–Crippen LogP) is 4.55. The first-order valence-electron chi connectivity index (χ1n) is 8.89. The molecule has 0 fully saturated rings. The molecule has 0 bridgehead atoms. The van der Waals surface area contributed by atoms with E-state index in [1.54, 1.807) is 7.11 Å². The number of aromatic nitrogens is 2. The Labute approximate surface area is 159 Å². The molecule has 3 aromatic rings. The number of aryl methyl sites for hydroxylation is 1. The molecule has 0 saturated carbocycles. The highest BCUT2D eigenvalue weighted by atomic mass is 16.5. The van der Waals surface area contributed by atoms with Crippen LogP contribution in [0.1, 0.15) is 18.2 Å². The number of ether oxygens (including phenoxy) is 2. The topological polar surface area (TPSA) is 68.3 Å². The van der Waals surface area contributed by atoms with Gasteiger partial charge in [0, 0.05) is 29.6 Å². The van der Waals surface area contributed by atoms with Gasteiger partial charge in [-0.1, -0.05) is 18.2 Å². The normalized spacial score (nSPS) is 10.3. The number of nitrogens with zero attached hydrogens (tertiary/aromatic N) is 2. The van der Waals surface area contributed by atoms with E-state index in [4.69, 9.17) is 9.47 Å². The summed E-state index contributed by atoms with van der Waals surface area (Å²) in [6, 6.07) is 17.6. The molecule has 6 heteroatoms. The van der Waals surface area contributed by atoms with Crippen molar-refractivity contribution in [2.45, 2.75) is 20.4 Å². The van der Waals surface area contributed by atoms with Crippen molar-refractivity contribution in [3.63, 3.8) is 0 Å². The van der Waals surface area contributed by atoms with E-state index in [1.807, 2.05) is 68.4 Å². The minimum Gasteiger partial charge on any atom is -0.496 e. The van der Waals surface area contributed by atoms with Gasteiger partial charge >= 0.3 is 0 Å². The number of nitrogens with one attached hydrogen (secondary N) is 2. The zero-order chi connectivity index (χ0) is 19.1. The van der Waals surface area contributed by atoms with Gasteiger partial charge in [0.05, 0.1) is 13.7 Å². The van der Waals surface area contributed by atoms with Gasteiger partial charge in [-0.2, -0.15) is 4.98 Å². The summed E-state index contributed by atoms with van der Waals surface area (Å²) < 4.78 is 10.9. The molecular weight excluding hydrogens is 340 g/mol. The van der Waals surface area contributed by atoms with Crippen LogP contribution >= 0.6 is 0 Å². The van der Waals surface area contributed by atoms with Crippen molar-refractivity contribution in [2.24, 2.45) is 0 Å². The molecule has 0 amide bonds. The zero-order valence-electron chi connectivity index (χ0n) is 15.8. The predicted molar refractivity (Wildman–Crippen MR) is 108 cm³/mol. The molecule has 0 spiro atoms. The van der Waals surface area contributed by atoms with Gasteiger partial charge in [-0.05, 0) is 44.2 Å². The van der Waals surface area contributed by atoms with Crippen molar-refractivity contribution in [3.05, 3.63) is 65.9 Å². The van der Waals surface area contributed by atoms with Gasteiger partial charge in [-0.25, -0.2) is 4.98 Å². The van der Waals surface area contributed by atoms with E-state index in [-0.39, 0.29) is 0 Å². The molecule has 6 nitrogen and oxygen atoms in total. The molecule has 0 aliphatic heterocycles. The lowest BCUT2D eigenvalue weighted by atomic mass is 10.2. The molecule has 0 radical (unpaired) electrons. The maximum absolute atomic E-state index is 5.46. The first-order valence-corrected chi connectivity index (χ1v) is 8.89. The summed E-state index contributed by atoms with van der Waals surface area (Å²) in [6.07, 6.45) is 0. The average Bonchev–Trinajstić information content (AvgIpc) is 2.68. The third-order valence-corrected chi connectivity index (χ3v) is 3.93. The first-order chi connectivity index (χ1) is 13.2. The summed E-state index contributed by atoms with van der Waals surface area (Å²) >= 11 is 0. The summed E-state index contributed by atoms with van der Waals surface area (Å²) in [6.45, 7) is 5.17. The Hall–Kier alpha value is -3.28. The fourth-order valence-electron chi connectivity index (χ4n) is 2.68. The Morgan fingerprint density at radius 1 is 1.00 bits per heavy atom. The number of rotatable bonds is 8. The van der Waals surface area contributed by atoms with Gasteiger partial charge < -0.3 is 20.1 Å². The molecule has 0 aliphatic carbocycles. The van der Waals surface area contributed by atoms with Crippen molar-refractivity contribution in [1.29, 1.82) is 0 Å². The van der Waals surface area contributed by atoms with Gasteiger partial charge in [0.1, 0.15) is 17.3 Å². The number of methoxy groups -OCH3 is 1. The molecule has 2 aromatic carbocycles. The number of anilines is 3. The minimum absolute atomic E-state index is 0.543. The summed E-state index contributed by atoms with van der Waals surface area (Å²) in [7, 11) is 1.67. The summed E-state index contributed by atoms with van der Waals surface area (Å²) in [5.41, 5.74) is 2.85. The van der Waals surface area contributed by atoms with Crippen LogP contribution in [0.25, 0.3) is 0 Å². The number of hydrogen-bond acceptors (Lipinski definition) is 6. The van der Waals surface area contributed by atoms with Crippen LogP contribution in [0.3, 0.4) is 0 Å². The van der Waals surface area contributed by atoms with E-state index >= 15 is 0 Å². The second-order valence-electron chi connectivity index (χ2n) is 5.97. The maximum Gasteiger partial charge on any atom is 0.229 e. The maximum atomic E-state index is 5.46. The van der Waals surface area contributed by atoms with Gasteiger partial charge in [-0.15, -0.1) is 0 Å². The van der Waals surface area contributed by atoms with Crippen LogP contribution in [0, 0.1) is 6.92 Å². The summed E-state index contributed by atoms with van der Waals surface area (Å²) in [5, 5.41) is 6.57. The molecule has 140 valence electrons. The molecule has 1 heterocycles. The first kappa shape index (κ1) is 18.5. The van der Waals surface area contributed by atoms with E-state index in [1.165, 1.54) is 0 Å². The summed E-state index contributed by atoms with van der Waals surface area (Å²) in [4.78, 5) is 9.01. The molecule has 0 unspecified atom stereocenters. The van der Waals surface area contributed by atoms with E-state index in [9.17, 15) is 0 Å². The van der Waals surface area contributed by atoms with Crippen LogP contribution in [-0.4, -0.2) is 23.7 Å². The van der Waals surface area contributed by atoms with Crippen molar-refractivity contribution in [2.75, 3.05) is 24.4 Å². The molecule has 2 N–H and O–H groups in total. The van der Waals surface area contributed by atoms with Crippen LogP contribution in [0.4, 0.5) is 17.5 Å². The Balaban J connectivity index is 1.70. The van der Waals surface area contributed by atoms with Gasteiger partial charge in [-0.3, -0.25) is 0 Å². The van der Waals surface area contributed by atoms with E-state index in [0.29, 0.717) is 19.1 Å². The zero-order valence-corrected chi connectivity index (χ0v) is 15.8. The van der Waals surface area contributed by atoms with Crippen molar-refractivity contribution in [1.82, 2.24) is 9.97 Å². The lowest BCUT2D eigenvalue weighted by Crippen LogP contribution is -2.06. The lowest BCUT2D eigenvalue weighted by Gasteiger charge is -2.12. The van der Waals surface area contributed by atoms with E-state index < -0.39 is 0 Å². The van der Waals surface area contributed by atoms with E-state index in [0.717, 1.165) is 34.3 Å². The van der Waals surface area contributed by atoms with Crippen LogP contribution in [0.5, 0.6) is 11.5 Å². The summed E-state index contributed by atoms with van der Waals surface area (Å²) in [5.74, 6) is 2.99. The van der Waals surface area contributed by atoms with Crippen LogP contribution in [-0.2, 0) is 6.54 Å². The fraction of sp³-hybridized carbons (Fsp3) is 0.238. The van der Waals surface area contributed by atoms with Crippen molar-refractivity contribution in [3.8, 4) is 11.5 Å². The van der Waals surface area contributed by atoms with Gasteiger partial charge in [0.2, 0.25) is 5.95 Å². The fourth-order valence-corrected chi connectivity index (χ4v) is 2.68. The van der Waals surface area contributed by atoms with E-state index in [2.05, 4.69) is 20.6 Å². The number of hydrogen-bond donors (Lipinski definition) is 2.